The number of methoxy groups -OCH3 is 1. The van der Waals surface area contributed by atoms with E-state index in [-0.39, 0.29) is 0 Å². The van der Waals surface area contributed by atoms with Gasteiger partial charge in [0.15, 0.2) is 0 Å². The van der Waals surface area contributed by atoms with Crippen molar-refractivity contribution in [3.05, 3.63) is 24.0 Å². The average Bonchev–Trinajstić information content (AvgIpc) is 2.24. The van der Waals surface area contributed by atoms with Crippen LogP contribution in [0.15, 0.2) is 18.3 Å². The topological polar surface area (TPSA) is 51.4 Å². The first kappa shape index (κ1) is 12.9. The zero-order chi connectivity index (χ0) is 12.0. The summed E-state index contributed by atoms with van der Waals surface area (Å²) in [6.07, 6.45) is 1.75. The van der Waals surface area contributed by atoms with Gasteiger partial charge in [0.2, 0.25) is 0 Å². The lowest BCUT2D eigenvalue weighted by atomic mass is 10.2. The molecule has 0 saturated carbocycles. The predicted molar refractivity (Wildman–Crippen MR) is 66.1 cm³/mol. The highest BCUT2D eigenvalue weighted by Gasteiger charge is 2.10. The molecule has 0 aliphatic carbocycles. The molecule has 0 fully saturated rings. The van der Waals surface area contributed by atoms with E-state index in [0.717, 1.165) is 31.1 Å². The Balaban J connectivity index is 2.60. The van der Waals surface area contributed by atoms with Crippen LogP contribution in [0.1, 0.15) is 19.5 Å². The molecule has 0 aromatic carbocycles. The van der Waals surface area contributed by atoms with Crippen molar-refractivity contribution in [1.82, 2.24) is 9.88 Å². The quantitative estimate of drug-likeness (QED) is 0.794. The molecule has 1 heterocycles. The summed E-state index contributed by atoms with van der Waals surface area (Å²) in [6.45, 7) is 6.79. The molecule has 2 N–H and O–H groups in total. The van der Waals surface area contributed by atoms with Crippen LogP contribution in [0.3, 0.4) is 0 Å². The standard InChI is InChI=1S/C12H21N3O/c1-10(2)15(6-7-16-3)9-12-8-11(13)4-5-14-12/h4-5,8,10H,6-7,9H2,1-3H3,(H2,13,14). The predicted octanol–water partition coefficient (Wildman–Crippen LogP) is 1.52. The maximum atomic E-state index is 5.73. The number of pyridine rings is 1. The first-order valence-electron chi connectivity index (χ1n) is 5.57. The average molecular weight is 223 g/mol. The number of nitrogens with zero attached hydrogens (tertiary/aromatic N) is 2. The van der Waals surface area contributed by atoms with E-state index in [9.17, 15) is 0 Å². The van der Waals surface area contributed by atoms with Crippen LogP contribution in [0.4, 0.5) is 5.69 Å². The number of rotatable bonds is 6. The lowest BCUT2D eigenvalue weighted by molar-refractivity contribution is 0.124. The van der Waals surface area contributed by atoms with Gasteiger partial charge in [0.05, 0.1) is 12.3 Å². The van der Waals surface area contributed by atoms with Crippen LogP contribution in [0.5, 0.6) is 0 Å². The minimum Gasteiger partial charge on any atom is -0.399 e. The van der Waals surface area contributed by atoms with Crippen LogP contribution < -0.4 is 5.73 Å². The molecule has 1 aromatic rings. The maximum Gasteiger partial charge on any atom is 0.0589 e. The number of hydrogen-bond acceptors (Lipinski definition) is 4. The Kier molecular flexibility index (Phi) is 5.22. The molecular formula is C12H21N3O. The highest BCUT2D eigenvalue weighted by Crippen LogP contribution is 2.08. The summed E-state index contributed by atoms with van der Waals surface area (Å²) in [5, 5.41) is 0. The van der Waals surface area contributed by atoms with Crippen LogP contribution >= 0.6 is 0 Å². The van der Waals surface area contributed by atoms with E-state index in [2.05, 4.69) is 23.7 Å². The Morgan fingerprint density at radius 1 is 1.50 bits per heavy atom. The minimum absolute atomic E-state index is 0.471. The fourth-order valence-electron chi connectivity index (χ4n) is 1.52. The normalized spacial score (nSPS) is 11.3. The van der Waals surface area contributed by atoms with Gasteiger partial charge in [0.25, 0.3) is 0 Å². The molecule has 1 aromatic heterocycles. The molecule has 0 radical (unpaired) electrons. The van der Waals surface area contributed by atoms with E-state index in [4.69, 9.17) is 10.5 Å². The van der Waals surface area contributed by atoms with Crippen molar-refractivity contribution in [3.63, 3.8) is 0 Å². The van der Waals surface area contributed by atoms with Crippen molar-refractivity contribution in [2.45, 2.75) is 26.4 Å². The summed E-state index contributed by atoms with van der Waals surface area (Å²) < 4.78 is 5.10. The highest BCUT2D eigenvalue weighted by molar-refractivity contribution is 5.37. The maximum absolute atomic E-state index is 5.73. The third-order valence-corrected chi connectivity index (χ3v) is 2.52. The van der Waals surface area contributed by atoms with Gasteiger partial charge in [-0.2, -0.15) is 0 Å². The molecule has 0 aliphatic rings. The van der Waals surface area contributed by atoms with Gasteiger partial charge in [-0.15, -0.1) is 0 Å². The van der Waals surface area contributed by atoms with Gasteiger partial charge < -0.3 is 10.5 Å². The van der Waals surface area contributed by atoms with Crippen molar-refractivity contribution in [3.8, 4) is 0 Å². The molecule has 0 unspecified atom stereocenters. The van der Waals surface area contributed by atoms with E-state index in [1.807, 2.05) is 6.07 Å². The first-order valence-corrected chi connectivity index (χ1v) is 5.57. The number of ether oxygens (including phenoxy) is 1. The van der Waals surface area contributed by atoms with Gasteiger partial charge in [-0.05, 0) is 26.0 Å². The van der Waals surface area contributed by atoms with Crippen LogP contribution in [0.2, 0.25) is 0 Å². The van der Waals surface area contributed by atoms with Crippen LogP contribution in [0, 0.1) is 0 Å². The number of nitrogen functional groups attached to an aromatic ring is 1. The van der Waals surface area contributed by atoms with Crippen molar-refractivity contribution in [1.29, 1.82) is 0 Å². The summed E-state index contributed by atoms with van der Waals surface area (Å²) in [7, 11) is 1.72. The monoisotopic (exact) mass is 223 g/mol. The third kappa shape index (κ3) is 4.16. The number of nitrogens with two attached hydrogens (primary N) is 1. The van der Waals surface area contributed by atoms with Gasteiger partial charge >= 0.3 is 0 Å². The van der Waals surface area contributed by atoms with Crippen molar-refractivity contribution in [2.24, 2.45) is 0 Å². The Bertz CT molecular complexity index is 315. The third-order valence-electron chi connectivity index (χ3n) is 2.52. The summed E-state index contributed by atoms with van der Waals surface area (Å²) >= 11 is 0. The molecule has 4 nitrogen and oxygen atoms in total. The molecule has 16 heavy (non-hydrogen) atoms. The number of anilines is 1. The van der Waals surface area contributed by atoms with Gasteiger partial charge in [-0.25, -0.2) is 0 Å². The second kappa shape index (κ2) is 6.45. The molecule has 90 valence electrons. The molecule has 0 amide bonds. The van der Waals surface area contributed by atoms with E-state index in [1.54, 1.807) is 19.4 Å². The number of aromatic nitrogens is 1. The molecule has 0 aliphatic heterocycles. The van der Waals surface area contributed by atoms with E-state index < -0.39 is 0 Å². The van der Waals surface area contributed by atoms with Crippen molar-refractivity contribution >= 4 is 5.69 Å². The molecule has 4 heteroatoms. The molecule has 1 rings (SSSR count). The van der Waals surface area contributed by atoms with Crippen LogP contribution in [-0.4, -0.2) is 36.2 Å². The van der Waals surface area contributed by atoms with Crippen LogP contribution in [-0.2, 0) is 11.3 Å². The Morgan fingerprint density at radius 3 is 2.81 bits per heavy atom. The van der Waals surface area contributed by atoms with Gasteiger partial charge in [0.1, 0.15) is 0 Å². The largest absolute Gasteiger partial charge is 0.399 e. The summed E-state index contributed by atoms with van der Waals surface area (Å²) in [4.78, 5) is 6.62. The van der Waals surface area contributed by atoms with E-state index in [1.165, 1.54) is 0 Å². The summed E-state index contributed by atoms with van der Waals surface area (Å²) in [6, 6.07) is 4.19. The summed E-state index contributed by atoms with van der Waals surface area (Å²) in [5.74, 6) is 0. The molecule has 0 bridgehead atoms. The lowest BCUT2D eigenvalue weighted by Crippen LogP contribution is -2.33. The fourth-order valence-corrected chi connectivity index (χ4v) is 1.52. The molecular weight excluding hydrogens is 202 g/mol. The van der Waals surface area contributed by atoms with Crippen molar-refractivity contribution < 1.29 is 4.74 Å². The van der Waals surface area contributed by atoms with Crippen molar-refractivity contribution in [2.75, 3.05) is 26.0 Å². The molecule has 0 spiro atoms. The summed E-state index contributed by atoms with van der Waals surface area (Å²) in [5.41, 5.74) is 7.50. The van der Waals surface area contributed by atoms with E-state index in [0.29, 0.717) is 6.04 Å². The fraction of sp³-hybridized carbons (Fsp3) is 0.583. The smallest absolute Gasteiger partial charge is 0.0589 e. The van der Waals surface area contributed by atoms with Gasteiger partial charge in [-0.3, -0.25) is 9.88 Å². The minimum atomic E-state index is 0.471. The zero-order valence-electron chi connectivity index (χ0n) is 10.3. The SMILES string of the molecule is COCCN(Cc1cc(N)ccn1)C(C)C. The highest BCUT2D eigenvalue weighted by atomic mass is 16.5. The Hall–Kier alpha value is -1.13. The lowest BCUT2D eigenvalue weighted by Gasteiger charge is -2.25. The van der Waals surface area contributed by atoms with Crippen LogP contribution in [0.25, 0.3) is 0 Å². The van der Waals surface area contributed by atoms with E-state index >= 15 is 0 Å². The van der Waals surface area contributed by atoms with Gasteiger partial charge in [0, 0.05) is 38.1 Å². The molecule has 0 atom stereocenters. The Morgan fingerprint density at radius 2 is 2.25 bits per heavy atom. The zero-order valence-corrected chi connectivity index (χ0v) is 10.3. The second-order valence-electron chi connectivity index (χ2n) is 4.14. The molecule has 0 saturated heterocycles. The number of hydrogen-bond donors (Lipinski definition) is 1. The second-order valence-corrected chi connectivity index (χ2v) is 4.14. The first-order chi connectivity index (χ1) is 7.63. The Labute approximate surface area is 97.4 Å². The van der Waals surface area contributed by atoms with Gasteiger partial charge in [-0.1, -0.05) is 0 Å².